The van der Waals surface area contributed by atoms with Crippen LogP contribution < -0.4 is 0 Å². The van der Waals surface area contributed by atoms with E-state index in [1.165, 1.54) is 10.8 Å². The fourth-order valence-electron chi connectivity index (χ4n) is 3.75. The molecule has 5 rings (SSSR count). The molecule has 2 heteroatoms. The standard InChI is InChI=1S/C28H20N2/c1-4-12-25(27-13-5-7-17-29-27)22(9-1)16-15-21-19-23-10-2-3-11-24(23)26(20-21)28-14-6-8-18-30-28/h1-20H. The van der Waals surface area contributed by atoms with Crippen molar-refractivity contribution < 1.29 is 0 Å². The summed E-state index contributed by atoms with van der Waals surface area (Å²) in [4.78, 5) is 9.10. The summed E-state index contributed by atoms with van der Waals surface area (Å²) in [5, 5.41) is 2.42. The van der Waals surface area contributed by atoms with E-state index in [2.05, 4.69) is 88.9 Å². The Bertz CT molecular complexity index is 1320. The van der Waals surface area contributed by atoms with E-state index in [0.717, 1.165) is 33.6 Å². The molecule has 0 amide bonds. The Balaban J connectivity index is 1.60. The van der Waals surface area contributed by atoms with Gasteiger partial charge in [-0.3, -0.25) is 9.97 Å². The van der Waals surface area contributed by atoms with E-state index < -0.39 is 0 Å². The molecule has 0 aliphatic heterocycles. The molecule has 0 N–H and O–H groups in total. The number of hydrogen-bond acceptors (Lipinski definition) is 2. The number of fused-ring (bicyclic) bond motifs is 1. The van der Waals surface area contributed by atoms with Crippen LogP contribution in [0.5, 0.6) is 0 Å². The van der Waals surface area contributed by atoms with Crippen LogP contribution >= 0.6 is 0 Å². The molecular weight excluding hydrogens is 364 g/mol. The van der Waals surface area contributed by atoms with Gasteiger partial charge in [0.1, 0.15) is 0 Å². The normalized spacial score (nSPS) is 11.2. The van der Waals surface area contributed by atoms with Gasteiger partial charge >= 0.3 is 0 Å². The van der Waals surface area contributed by atoms with E-state index in [0.29, 0.717) is 0 Å². The van der Waals surface area contributed by atoms with Crippen LogP contribution in [-0.2, 0) is 0 Å². The highest BCUT2D eigenvalue weighted by Crippen LogP contribution is 2.30. The summed E-state index contributed by atoms with van der Waals surface area (Å²) in [6, 6.07) is 33.3. The maximum atomic E-state index is 4.58. The number of nitrogens with zero attached hydrogens (tertiary/aromatic N) is 2. The first-order valence-corrected chi connectivity index (χ1v) is 10.0. The van der Waals surface area contributed by atoms with Crippen molar-refractivity contribution in [2.75, 3.05) is 0 Å². The van der Waals surface area contributed by atoms with Gasteiger partial charge < -0.3 is 0 Å². The van der Waals surface area contributed by atoms with E-state index in [1.807, 2.05) is 42.7 Å². The van der Waals surface area contributed by atoms with Crippen molar-refractivity contribution >= 4 is 22.9 Å². The van der Waals surface area contributed by atoms with Crippen LogP contribution in [0.1, 0.15) is 11.1 Å². The molecule has 3 aromatic carbocycles. The molecule has 0 unspecified atom stereocenters. The molecule has 0 aliphatic carbocycles. The van der Waals surface area contributed by atoms with Gasteiger partial charge in [-0.05, 0) is 58.3 Å². The molecular formula is C28H20N2. The molecule has 2 aromatic heterocycles. The van der Waals surface area contributed by atoms with Gasteiger partial charge in [0.2, 0.25) is 0 Å². The lowest BCUT2D eigenvalue weighted by Gasteiger charge is -2.09. The van der Waals surface area contributed by atoms with Crippen LogP contribution in [0, 0.1) is 0 Å². The van der Waals surface area contributed by atoms with Gasteiger partial charge in [0.05, 0.1) is 11.4 Å². The Morgan fingerprint density at radius 3 is 1.97 bits per heavy atom. The minimum absolute atomic E-state index is 0.977. The third-order valence-electron chi connectivity index (χ3n) is 5.18. The largest absolute Gasteiger partial charge is 0.256 e. The molecule has 5 aromatic rings. The molecule has 0 aliphatic rings. The summed E-state index contributed by atoms with van der Waals surface area (Å²) in [6.45, 7) is 0. The van der Waals surface area contributed by atoms with Gasteiger partial charge in [0.15, 0.2) is 0 Å². The zero-order valence-corrected chi connectivity index (χ0v) is 16.4. The molecule has 0 radical (unpaired) electrons. The van der Waals surface area contributed by atoms with Crippen molar-refractivity contribution in [2.45, 2.75) is 0 Å². The molecule has 0 saturated carbocycles. The van der Waals surface area contributed by atoms with Crippen LogP contribution in [0.25, 0.3) is 45.4 Å². The average molecular weight is 384 g/mol. The van der Waals surface area contributed by atoms with Gasteiger partial charge in [-0.1, -0.05) is 72.8 Å². The second-order valence-corrected chi connectivity index (χ2v) is 7.14. The highest BCUT2D eigenvalue weighted by atomic mass is 14.7. The first-order valence-electron chi connectivity index (χ1n) is 10.0. The number of hydrogen-bond donors (Lipinski definition) is 0. The summed E-state index contributed by atoms with van der Waals surface area (Å²) in [5.41, 5.74) is 6.52. The lowest BCUT2D eigenvalue weighted by molar-refractivity contribution is 1.32. The fraction of sp³-hybridized carbons (Fsp3) is 0. The average Bonchev–Trinajstić information content (AvgIpc) is 2.83. The zero-order chi connectivity index (χ0) is 20.2. The van der Waals surface area contributed by atoms with Crippen LogP contribution in [0.2, 0.25) is 0 Å². The van der Waals surface area contributed by atoms with Crippen LogP contribution in [0.15, 0.2) is 109 Å². The zero-order valence-electron chi connectivity index (χ0n) is 16.4. The first kappa shape index (κ1) is 18.0. The van der Waals surface area contributed by atoms with Gasteiger partial charge in [0.25, 0.3) is 0 Å². The molecule has 0 atom stereocenters. The number of benzene rings is 3. The van der Waals surface area contributed by atoms with E-state index in [-0.39, 0.29) is 0 Å². The quantitative estimate of drug-likeness (QED) is 0.308. The fourth-order valence-corrected chi connectivity index (χ4v) is 3.75. The molecule has 0 fully saturated rings. The van der Waals surface area contributed by atoms with Crippen molar-refractivity contribution in [3.63, 3.8) is 0 Å². The van der Waals surface area contributed by atoms with E-state index in [9.17, 15) is 0 Å². The van der Waals surface area contributed by atoms with Crippen molar-refractivity contribution in [1.82, 2.24) is 9.97 Å². The predicted octanol–water partition coefficient (Wildman–Crippen LogP) is 7.13. The third kappa shape index (κ3) is 3.63. The maximum Gasteiger partial charge on any atom is 0.0708 e. The molecule has 142 valence electrons. The molecule has 0 saturated heterocycles. The van der Waals surface area contributed by atoms with Crippen molar-refractivity contribution in [3.05, 3.63) is 121 Å². The van der Waals surface area contributed by atoms with Gasteiger partial charge in [-0.25, -0.2) is 0 Å². The van der Waals surface area contributed by atoms with Crippen molar-refractivity contribution in [1.29, 1.82) is 0 Å². The summed E-state index contributed by atoms with van der Waals surface area (Å²) in [5.74, 6) is 0. The van der Waals surface area contributed by atoms with Crippen molar-refractivity contribution in [2.24, 2.45) is 0 Å². The minimum Gasteiger partial charge on any atom is -0.256 e. The molecule has 0 spiro atoms. The maximum absolute atomic E-state index is 4.58. The summed E-state index contributed by atoms with van der Waals surface area (Å²) < 4.78 is 0. The number of rotatable bonds is 4. The summed E-state index contributed by atoms with van der Waals surface area (Å²) in [6.07, 6.45) is 8.00. The van der Waals surface area contributed by atoms with Crippen LogP contribution in [0.4, 0.5) is 0 Å². The first-order chi connectivity index (χ1) is 14.9. The van der Waals surface area contributed by atoms with Crippen LogP contribution in [-0.4, -0.2) is 9.97 Å². The predicted molar refractivity (Wildman–Crippen MR) is 126 cm³/mol. The monoisotopic (exact) mass is 384 g/mol. The molecule has 2 nitrogen and oxygen atoms in total. The number of pyridine rings is 2. The van der Waals surface area contributed by atoms with Gasteiger partial charge in [-0.15, -0.1) is 0 Å². The Hall–Kier alpha value is -4.04. The summed E-state index contributed by atoms with van der Waals surface area (Å²) in [7, 11) is 0. The number of aromatic nitrogens is 2. The minimum atomic E-state index is 0.977. The molecule has 0 bridgehead atoms. The van der Waals surface area contributed by atoms with E-state index in [1.54, 1.807) is 0 Å². The Kier molecular flexibility index (Phi) is 4.89. The molecule has 30 heavy (non-hydrogen) atoms. The highest BCUT2D eigenvalue weighted by Gasteiger charge is 2.07. The second kappa shape index (κ2) is 8.14. The Morgan fingerprint density at radius 2 is 1.20 bits per heavy atom. The topological polar surface area (TPSA) is 25.8 Å². The van der Waals surface area contributed by atoms with E-state index >= 15 is 0 Å². The lowest BCUT2D eigenvalue weighted by Crippen LogP contribution is -1.87. The van der Waals surface area contributed by atoms with Gasteiger partial charge in [0, 0.05) is 23.5 Å². The van der Waals surface area contributed by atoms with Crippen LogP contribution in [0.3, 0.4) is 0 Å². The highest BCUT2D eigenvalue weighted by molar-refractivity contribution is 5.98. The Labute approximate surface area is 176 Å². The Morgan fingerprint density at radius 1 is 0.533 bits per heavy atom. The molecule has 2 heterocycles. The third-order valence-corrected chi connectivity index (χ3v) is 5.18. The van der Waals surface area contributed by atoms with E-state index in [4.69, 9.17) is 0 Å². The second-order valence-electron chi connectivity index (χ2n) is 7.14. The SMILES string of the molecule is C(=Cc1ccccc1-c1ccccn1)c1cc(-c2ccccn2)c2ccccc2c1. The van der Waals surface area contributed by atoms with Gasteiger partial charge in [-0.2, -0.15) is 0 Å². The lowest BCUT2D eigenvalue weighted by atomic mass is 9.97. The smallest absolute Gasteiger partial charge is 0.0708 e. The summed E-state index contributed by atoms with van der Waals surface area (Å²) >= 11 is 0. The van der Waals surface area contributed by atoms with Crippen molar-refractivity contribution in [3.8, 4) is 22.5 Å².